The fraction of sp³-hybridized carbons (Fsp3) is 0. The predicted molar refractivity (Wildman–Crippen MR) is 241 cm³/mol. The molecule has 2 heterocycles. The van der Waals surface area contributed by atoms with E-state index in [0.29, 0.717) is 0 Å². The van der Waals surface area contributed by atoms with Crippen molar-refractivity contribution in [2.24, 2.45) is 0 Å². The Bertz CT molecular complexity index is 3080. The molecule has 0 aliphatic rings. The summed E-state index contributed by atoms with van der Waals surface area (Å²) in [5.41, 5.74) is 9.46. The molecule has 0 saturated carbocycles. The molecule has 2 aromatic heterocycles. The van der Waals surface area contributed by atoms with Crippen molar-refractivity contribution in [2.75, 3.05) is 0 Å². The molecular formula is C54H38N2S. The summed E-state index contributed by atoms with van der Waals surface area (Å²) in [6, 6.07) is 84.8. The third kappa shape index (κ3) is 5.28. The Labute approximate surface area is 333 Å². The van der Waals surface area contributed by atoms with Crippen LogP contribution in [0.1, 0.15) is 0 Å². The Morgan fingerprint density at radius 3 is 1.05 bits per heavy atom. The monoisotopic (exact) mass is 746 g/mol. The van der Waals surface area contributed by atoms with Crippen molar-refractivity contribution < 1.29 is 0 Å². The van der Waals surface area contributed by atoms with Gasteiger partial charge in [-0.3, -0.25) is 0 Å². The summed E-state index contributed by atoms with van der Waals surface area (Å²) in [6.07, 6.45) is 0. The summed E-state index contributed by atoms with van der Waals surface area (Å²) >= 11 is 0. The van der Waals surface area contributed by atoms with Gasteiger partial charge in [-0.25, -0.2) is 0 Å². The number of nitrogens with zero attached hydrogens (tertiary/aromatic N) is 2. The second kappa shape index (κ2) is 13.6. The van der Waals surface area contributed by atoms with Gasteiger partial charge in [0.15, 0.2) is 0 Å². The van der Waals surface area contributed by atoms with E-state index in [-0.39, 0.29) is 0 Å². The van der Waals surface area contributed by atoms with Crippen molar-refractivity contribution in [3.05, 3.63) is 231 Å². The fourth-order valence-corrected chi connectivity index (χ4v) is 12.8. The number of hydrogen-bond acceptors (Lipinski definition) is 0. The first kappa shape index (κ1) is 33.3. The summed E-state index contributed by atoms with van der Waals surface area (Å²) in [4.78, 5) is 5.25. The first-order chi connectivity index (χ1) is 28.3. The molecule has 0 amide bonds. The summed E-state index contributed by atoms with van der Waals surface area (Å²) in [5.74, 6) is 0. The fourth-order valence-electron chi connectivity index (χ4n) is 8.96. The van der Waals surface area contributed by atoms with Crippen LogP contribution in [0.15, 0.2) is 250 Å². The Morgan fingerprint density at radius 1 is 0.246 bits per heavy atom. The summed E-state index contributed by atoms with van der Waals surface area (Å²) in [5, 5.41) is 5.03. The van der Waals surface area contributed by atoms with E-state index in [4.69, 9.17) is 0 Å². The van der Waals surface area contributed by atoms with Gasteiger partial charge in [-0.2, -0.15) is 0 Å². The van der Waals surface area contributed by atoms with Crippen LogP contribution in [0.3, 0.4) is 0 Å². The van der Waals surface area contributed by atoms with Crippen molar-refractivity contribution >= 4 is 53.6 Å². The van der Waals surface area contributed by atoms with Crippen LogP contribution in [-0.2, 0) is 0 Å². The predicted octanol–water partition coefficient (Wildman–Crippen LogP) is 14.9. The molecule has 0 aliphatic heterocycles. The van der Waals surface area contributed by atoms with Crippen molar-refractivity contribution in [1.29, 1.82) is 0 Å². The van der Waals surface area contributed by atoms with Crippen LogP contribution in [0.2, 0.25) is 0 Å². The average molecular weight is 747 g/mol. The highest BCUT2D eigenvalue weighted by Crippen LogP contribution is 2.73. The highest BCUT2D eigenvalue weighted by molar-refractivity contribution is 8.34. The summed E-state index contributed by atoms with van der Waals surface area (Å²) in [6.45, 7) is 0. The van der Waals surface area contributed by atoms with Gasteiger partial charge in [0.2, 0.25) is 0 Å². The minimum absolute atomic E-state index is 1.14. The largest absolute Gasteiger partial charge is 0.309 e. The van der Waals surface area contributed by atoms with Crippen LogP contribution in [0.25, 0.3) is 66.1 Å². The standard InChI is InChI=1S/C54H38N2S/c1-4-22-43(23-5-1)57(44-24-6-2-7-25-44,45-26-8-3-9-27-45)46-34-35-50-49-30-12-15-33-53(49)56(54(50)38-46)42-21-17-19-40(37-42)39-18-16-20-41(36-39)55-51-31-13-10-28-47(51)48-29-11-14-32-52(48)55/h1-38H. The SMILES string of the molecule is c1ccc(S(c2ccccc2)(c2ccccc2)c2ccc3c4ccccc4n(-c4cccc(-c5cccc(-n6c7ccccc7c7ccccc76)c5)c4)c3c2)cc1. The zero-order valence-corrected chi connectivity index (χ0v) is 32.1. The molecule has 2 nitrogen and oxygen atoms in total. The van der Waals surface area contributed by atoms with Crippen LogP contribution in [0.5, 0.6) is 0 Å². The van der Waals surface area contributed by atoms with Gasteiger partial charge in [-0.1, -0.05) is 140 Å². The molecule has 0 bridgehead atoms. The molecule has 11 aromatic rings. The zero-order valence-electron chi connectivity index (χ0n) is 31.2. The maximum absolute atomic E-state index is 2.48. The lowest BCUT2D eigenvalue weighted by atomic mass is 10.0. The Balaban J connectivity index is 1.12. The van der Waals surface area contributed by atoms with Crippen LogP contribution in [-0.4, -0.2) is 9.13 Å². The molecular weight excluding hydrogens is 709 g/mol. The van der Waals surface area contributed by atoms with Gasteiger partial charge < -0.3 is 9.13 Å². The van der Waals surface area contributed by atoms with Gasteiger partial charge in [0, 0.05) is 52.5 Å². The second-order valence-electron chi connectivity index (χ2n) is 14.6. The lowest BCUT2D eigenvalue weighted by Crippen LogP contribution is -2.05. The van der Waals surface area contributed by atoms with Gasteiger partial charge in [0.25, 0.3) is 0 Å². The van der Waals surface area contributed by atoms with Gasteiger partial charge >= 0.3 is 0 Å². The van der Waals surface area contributed by atoms with E-state index < -0.39 is 10.0 Å². The van der Waals surface area contributed by atoms with E-state index in [1.54, 1.807) is 0 Å². The summed E-state index contributed by atoms with van der Waals surface area (Å²) < 4.78 is 4.87. The smallest absolute Gasteiger partial charge is 0.0552 e. The van der Waals surface area contributed by atoms with Crippen molar-refractivity contribution in [2.45, 2.75) is 19.6 Å². The molecule has 0 radical (unpaired) electrons. The highest BCUT2D eigenvalue weighted by Gasteiger charge is 2.33. The average Bonchev–Trinajstić information content (AvgIpc) is 3.81. The van der Waals surface area contributed by atoms with E-state index in [2.05, 4.69) is 240 Å². The molecule has 0 unspecified atom stereocenters. The lowest BCUT2D eigenvalue weighted by Gasteiger charge is -2.42. The van der Waals surface area contributed by atoms with E-state index in [9.17, 15) is 0 Å². The van der Waals surface area contributed by atoms with Crippen LogP contribution < -0.4 is 0 Å². The maximum atomic E-state index is 2.48. The summed E-state index contributed by atoms with van der Waals surface area (Å²) in [7, 11) is -1.86. The molecule has 3 heteroatoms. The number of fused-ring (bicyclic) bond motifs is 6. The zero-order chi connectivity index (χ0) is 37.8. The molecule has 0 saturated heterocycles. The lowest BCUT2D eigenvalue weighted by molar-refractivity contribution is 1.17. The minimum atomic E-state index is -1.86. The number of rotatable bonds is 7. The number of benzene rings is 9. The van der Waals surface area contributed by atoms with E-state index in [1.807, 2.05) is 0 Å². The molecule has 9 aromatic carbocycles. The molecule has 0 atom stereocenters. The van der Waals surface area contributed by atoms with E-state index >= 15 is 0 Å². The van der Waals surface area contributed by atoms with Crippen molar-refractivity contribution in [1.82, 2.24) is 9.13 Å². The number of aromatic nitrogens is 2. The van der Waals surface area contributed by atoms with E-state index in [1.165, 1.54) is 74.3 Å². The molecule has 57 heavy (non-hydrogen) atoms. The molecule has 0 aliphatic carbocycles. The number of hydrogen-bond donors (Lipinski definition) is 0. The minimum Gasteiger partial charge on any atom is -0.309 e. The van der Waals surface area contributed by atoms with Gasteiger partial charge in [-0.05, 0) is 102 Å². The first-order valence-corrected chi connectivity index (χ1v) is 21.1. The molecule has 0 fully saturated rings. The second-order valence-corrected chi connectivity index (χ2v) is 17.7. The quantitative estimate of drug-likeness (QED) is 0.154. The maximum Gasteiger partial charge on any atom is 0.0552 e. The normalized spacial score (nSPS) is 12.1. The molecule has 270 valence electrons. The Morgan fingerprint density at radius 2 is 0.614 bits per heavy atom. The van der Waals surface area contributed by atoms with Gasteiger partial charge in [0.1, 0.15) is 0 Å². The molecule has 11 rings (SSSR count). The highest BCUT2D eigenvalue weighted by atomic mass is 32.3. The van der Waals surface area contributed by atoms with Crippen LogP contribution in [0.4, 0.5) is 0 Å². The topological polar surface area (TPSA) is 9.86 Å². The number of para-hydroxylation sites is 3. The third-order valence-electron chi connectivity index (χ3n) is 11.4. The van der Waals surface area contributed by atoms with Gasteiger partial charge in [-0.15, -0.1) is 10.0 Å². The van der Waals surface area contributed by atoms with Gasteiger partial charge in [0.05, 0.1) is 22.1 Å². The van der Waals surface area contributed by atoms with Crippen LogP contribution >= 0.6 is 10.0 Å². The molecule has 0 N–H and O–H groups in total. The van der Waals surface area contributed by atoms with Crippen molar-refractivity contribution in [3.8, 4) is 22.5 Å². The third-order valence-corrected chi connectivity index (χ3v) is 15.3. The van der Waals surface area contributed by atoms with Crippen molar-refractivity contribution in [3.63, 3.8) is 0 Å². The first-order valence-electron chi connectivity index (χ1n) is 19.5. The van der Waals surface area contributed by atoms with E-state index in [0.717, 1.165) is 11.4 Å². The molecule has 0 spiro atoms. The Hall–Kier alpha value is -7.07. The van der Waals surface area contributed by atoms with Crippen LogP contribution in [0, 0.1) is 0 Å². The Kier molecular flexibility index (Phi) is 7.94.